The van der Waals surface area contributed by atoms with Gasteiger partial charge >= 0.3 is 5.97 Å². The van der Waals surface area contributed by atoms with Crippen molar-refractivity contribution < 1.29 is 14.3 Å². The largest absolute Gasteiger partial charge is 0.465 e. The highest BCUT2D eigenvalue weighted by atomic mass is 16.5. The first-order valence-corrected chi connectivity index (χ1v) is 11.0. The van der Waals surface area contributed by atoms with Crippen molar-refractivity contribution in [2.75, 3.05) is 19.4 Å². The Morgan fingerprint density at radius 1 is 1.12 bits per heavy atom. The Morgan fingerprint density at radius 3 is 2.44 bits per heavy atom. The number of rotatable bonds is 7. The van der Waals surface area contributed by atoms with E-state index in [-0.39, 0.29) is 17.3 Å². The van der Waals surface area contributed by atoms with Crippen molar-refractivity contribution in [2.45, 2.75) is 20.3 Å². The molecule has 2 aromatic heterocycles. The molecule has 0 bridgehead atoms. The minimum absolute atomic E-state index is 0.148. The number of methoxy groups -OCH3 is 1. The molecule has 0 radical (unpaired) electrons. The third-order valence-corrected chi connectivity index (χ3v) is 5.36. The first-order chi connectivity index (χ1) is 16.4. The maximum atomic E-state index is 13.0. The smallest absolute Gasteiger partial charge is 0.337 e. The number of hydrogen-bond acceptors (Lipinski definition) is 7. The summed E-state index contributed by atoms with van der Waals surface area (Å²) in [6, 6.07) is 14.2. The van der Waals surface area contributed by atoms with E-state index in [4.69, 9.17) is 10.5 Å². The zero-order valence-corrected chi connectivity index (χ0v) is 19.3. The number of carbonyl (C=O) groups is 2. The van der Waals surface area contributed by atoms with Crippen molar-refractivity contribution in [2.24, 2.45) is 11.0 Å². The van der Waals surface area contributed by atoms with E-state index in [9.17, 15) is 9.59 Å². The third kappa shape index (κ3) is 4.59. The highest BCUT2D eigenvalue weighted by molar-refractivity contribution is 6.10. The summed E-state index contributed by atoms with van der Waals surface area (Å²) in [5.41, 5.74) is 9.90. The van der Waals surface area contributed by atoms with Crippen molar-refractivity contribution in [3.63, 3.8) is 0 Å². The quantitative estimate of drug-likeness (QED) is 0.322. The molecular weight excluding hydrogens is 432 g/mol. The van der Waals surface area contributed by atoms with Crippen LogP contribution in [0.3, 0.4) is 0 Å². The average molecular weight is 459 g/mol. The standard InChI is InChI=1S/C25H26N6O3/c1-15(2)12-13-27-24(32)20-21-23(30-19-7-5-4-6-18(19)29-21)31(22(20)26)28-14-16-8-10-17(11-9-16)25(33)34-3/h4-11,14-15H,12-13,26H2,1-3H3,(H,27,32)/b28-14+. The van der Waals surface area contributed by atoms with Crippen LogP contribution in [0.1, 0.15) is 46.5 Å². The lowest BCUT2D eigenvalue weighted by Gasteiger charge is -2.07. The van der Waals surface area contributed by atoms with Crippen LogP contribution in [0.25, 0.3) is 22.2 Å². The Labute approximate surface area is 196 Å². The number of hydrogen-bond donors (Lipinski definition) is 2. The second-order valence-electron chi connectivity index (χ2n) is 8.25. The van der Waals surface area contributed by atoms with Crippen LogP contribution in [0.2, 0.25) is 0 Å². The number of anilines is 1. The first kappa shape index (κ1) is 22.9. The van der Waals surface area contributed by atoms with Crippen LogP contribution in [0.15, 0.2) is 53.6 Å². The molecule has 0 atom stereocenters. The molecule has 0 saturated heterocycles. The van der Waals surface area contributed by atoms with Gasteiger partial charge in [0.05, 0.1) is 29.9 Å². The molecule has 0 aliphatic heterocycles. The number of carbonyl (C=O) groups excluding carboxylic acids is 2. The van der Waals surface area contributed by atoms with Crippen LogP contribution in [-0.4, -0.2) is 46.4 Å². The Hall–Kier alpha value is -4.27. The van der Waals surface area contributed by atoms with Crippen LogP contribution in [-0.2, 0) is 4.74 Å². The number of nitrogens with two attached hydrogens (primary N) is 1. The van der Waals surface area contributed by atoms with E-state index < -0.39 is 5.97 Å². The zero-order chi connectivity index (χ0) is 24.2. The molecule has 0 fully saturated rings. The Kier molecular flexibility index (Phi) is 6.53. The summed E-state index contributed by atoms with van der Waals surface area (Å²) < 4.78 is 6.14. The van der Waals surface area contributed by atoms with Gasteiger partial charge in [-0.25, -0.2) is 14.8 Å². The molecule has 4 rings (SSSR count). The second-order valence-corrected chi connectivity index (χ2v) is 8.25. The summed E-state index contributed by atoms with van der Waals surface area (Å²) in [6.07, 6.45) is 2.42. The molecule has 2 heterocycles. The Morgan fingerprint density at radius 2 is 1.79 bits per heavy atom. The Balaban J connectivity index is 1.77. The van der Waals surface area contributed by atoms with Crippen molar-refractivity contribution in [1.82, 2.24) is 20.0 Å². The Bertz CT molecular complexity index is 1390. The van der Waals surface area contributed by atoms with Gasteiger partial charge in [-0.1, -0.05) is 38.1 Å². The lowest BCUT2D eigenvalue weighted by Crippen LogP contribution is -2.26. The number of aromatic nitrogens is 3. The minimum atomic E-state index is -0.417. The van der Waals surface area contributed by atoms with E-state index >= 15 is 0 Å². The zero-order valence-electron chi connectivity index (χ0n) is 19.3. The number of nitrogens with one attached hydrogen (secondary N) is 1. The van der Waals surface area contributed by atoms with E-state index in [1.165, 1.54) is 11.8 Å². The first-order valence-electron chi connectivity index (χ1n) is 11.0. The summed E-state index contributed by atoms with van der Waals surface area (Å²) >= 11 is 0. The number of fused-ring (bicyclic) bond motifs is 2. The number of benzene rings is 2. The van der Waals surface area contributed by atoms with Gasteiger partial charge < -0.3 is 15.8 Å². The van der Waals surface area contributed by atoms with Crippen LogP contribution in [0, 0.1) is 5.92 Å². The number of ether oxygens (including phenoxy) is 1. The van der Waals surface area contributed by atoms with E-state index in [0.717, 1.165) is 12.0 Å². The fourth-order valence-electron chi connectivity index (χ4n) is 3.50. The van der Waals surface area contributed by atoms with E-state index in [1.54, 1.807) is 30.5 Å². The maximum absolute atomic E-state index is 13.0. The summed E-state index contributed by atoms with van der Waals surface area (Å²) in [4.78, 5) is 34.0. The number of para-hydroxylation sites is 2. The lowest BCUT2D eigenvalue weighted by atomic mass is 10.1. The molecule has 0 aliphatic carbocycles. The molecule has 1 amide bonds. The van der Waals surface area contributed by atoms with Crippen LogP contribution >= 0.6 is 0 Å². The molecule has 0 aliphatic rings. The van der Waals surface area contributed by atoms with Gasteiger partial charge in [-0.05, 0) is 42.2 Å². The second kappa shape index (κ2) is 9.70. The summed E-state index contributed by atoms with van der Waals surface area (Å²) in [6.45, 7) is 4.71. The predicted octanol–water partition coefficient (Wildman–Crippen LogP) is 3.61. The molecule has 4 aromatic rings. The summed E-state index contributed by atoms with van der Waals surface area (Å²) in [5.74, 6) is -0.129. The van der Waals surface area contributed by atoms with E-state index in [1.807, 2.05) is 24.3 Å². The van der Waals surface area contributed by atoms with Gasteiger partial charge in [0, 0.05) is 6.54 Å². The monoisotopic (exact) mass is 458 g/mol. The molecular formula is C25H26N6O3. The van der Waals surface area contributed by atoms with Crippen LogP contribution in [0.4, 0.5) is 5.82 Å². The van der Waals surface area contributed by atoms with E-state index in [0.29, 0.717) is 40.2 Å². The molecule has 174 valence electrons. The van der Waals surface area contributed by atoms with Crippen LogP contribution in [0.5, 0.6) is 0 Å². The van der Waals surface area contributed by atoms with Crippen molar-refractivity contribution in [3.8, 4) is 0 Å². The fourth-order valence-corrected chi connectivity index (χ4v) is 3.50. The molecule has 0 saturated carbocycles. The van der Waals surface area contributed by atoms with Gasteiger partial charge in [-0.3, -0.25) is 4.79 Å². The third-order valence-electron chi connectivity index (χ3n) is 5.36. The molecule has 0 unspecified atom stereocenters. The fraction of sp³-hybridized carbons (Fsp3) is 0.240. The molecule has 3 N–H and O–H groups in total. The number of nitrogens with zero attached hydrogens (tertiary/aromatic N) is 4. The van der Waals surface area contributed by atoms with Gasteiger partial charge in [0.2, 0.25) is 0 Å². The molecule has 9 nitrogen and oxygen atoms in total. The highest BCUT2D eigenvalue weighted by Crippen LogP contribution is 2.27. The van der Waals surface area contributed by atoms with Crippen molar-refractivity contribution >= 4 is 46.1 Å². The van der Waals surface area contributed by atoms with Crippen molar-refractivity contribution in [3.05, 3.63) is 65.2 Å². The molecule has 34 heavy (non-hydrogen) atoms. The van der Waals surface area contributed by atoms with Gasteiger partial charge in [-0.15, -0.1) is 0 Å². The van der Waals surface area contributed by atoms with Crippen LogP contribution < -0.4 is 11.1 Å². The summed E-state index contributed by atoms with van der Waals surface area (Å²) in [5, 5.41) is 7.41. The minimum Gasteiger partial charge on any atom is -0.465 e. The number of esters is 1. The maximum Gasteiger partial charge on any atom is 0.337 e. The van der Waals surface area contributed by atoms with Gasteiger partial charge in [0.15, 0.2) is 5.65 Å². The number of amides is 1. The summed E-state index contributed by atoms with van der Waals surface area (Å²) in [7, 11) is 1.33. The highest BCUT2D eigenvalue weighted by Gasteiger charge is 2.24. The lowest BCUT2D eigenvalue weighted by molar-refractivity contribution is 0.0600. The predicted molar refractivity (Wildman–Crippen MR) is 132 cm³/mol. The van der Waals surface area contributed by atoms with Gasteiger partial charge in [-0.2, -0.15) is 9.78 Å². The van der Waals surface area contributed by atoms with Gasteiger partial charge in [0.1, 0.15) is 16.9 Å². The molecule has 0 spiro atoms. The van der Waals surface area contributed by atoms with E-state index in [2.05, 4.69) is 34.2 Å². The topological polar surface area (TPSA) is 124 Å². The number of nitrogen functional groups attached to an aromatic ring is 1. The van der Waals surface area contributed by atoms with Crippen molar-refractivity contribution in [1.29, 1.82) is 0 Å². The molecule has 9 heteroatoms. The average Bonchev–Trinajstić information content (AvgIpc) is 3.10. The molecule has 2 aromatic carbocycles. The van der Waals surface area contributed by atoms with Gasteiger partial charge in [0.25, 0.3) is 5.91 Å². The SMILES string of the molecule is COC(=O)c1ccc(/C=N/n2c(N)c(C(=O)NCCC(C)C)c3nc4ccccc4nc32)cc1. The normalized spacial score (nSPS) is 11.5.